The van der Waals surface area contributed by atoms with E-state index in [2.05, 4.69) is 25.9 Å². The molecule has 0 fully saturated rings. The van der Waals surface area contributed by atoms with E-state index in [1.165, 1.54) is 6.07 Å². The number of hydrogen-bond acceptors (Lipinski definition) is 4. The van der Waals surface area contributed by atoms with E-state index < -0.39 is 11.6 Å². The molecular weight excluding hydrogens is 344 g/mol. The van der Waals surface area contributed by atoms with E-state index in [1.54, 1.807) is 12.4 Å². The lowest BCUT2D eigenvalue weighted by Crippen LogP contribution is -2.21. The number of aromatic nitrogens is 2. The summed E-state index contributed by atoms with van der Waals surface area (Å²) in [6.45, 7) is 1.99. The highest BCUT2D eigenvalue weighted by Gasteiger charge is 2.13. The molecule has 2 N–H and O–H groups in total. The van der Waals surface area contributed by atoms with Crippen LogP contribution in [0.4, 0.5) is 8.78 Å². The number of nitrogens with zero attached hydrogens (tertiary/aromatic N) is 2. The fourth-order valence-electron chi connectivity index (χ4n) is 1.65. The van der Waals surface area contributed by atoms with Crippen LogP contribution in [-0.2, 0) is 6.42 Å². The molecule has 0 saturated heterocycles. The first-order valence-electron chi connectivity index (χ1n) is 6.38. The number of rotatable bonds is 5. The van der Waals surface area contributed by atoms with Crippen molar-refractivity contribution in [2.24, 2.45) is 5.73 Å². The van der Waals surface area contributed by atoms with Gasteiger partial charge in [-0.1, -0.05) is 22.9 Å². The van der Waals surface area contributed by atoms with Crippen molar-refractivity contribution in [3.8, 4) is 11.8 Å². The second-order valence-corrected chi connectivity index (χ2v) is 5.46. The number of ether oxygens (including phenoxy) is 1. The van der Waals surface area contributed by atoms with E-state index in [1.807, 2.05) is 6.92 Å². The summed E-state index contributed by atoms with van der Waals surface area (Å²) in [5, 5.41) is 0. The molecule has 0 saturated carbocycles. The summed E-state index contributed by atoms with van der Waals surface area (Å²) in [6, 6.07) is 2.30. The summed E-state index contributed by atoms with van der Waals surface area (Å²) in [7, 11) is 0. The van der Waals surface area contributed by atoms with Crippen LogP contribution in [0.1, 0.15) is 18.9 Å². The van der Waals surface area contributed by atoms with Crippen LogP contribution in [0, 0.1) is 11.6 Å². The van der Waals surface area contributed by atoms with Gasteiger partial charge in [-0.3, -0.25) is 0 Å². The van der Waals surface area contributed by atoms with Crippen molar-refractivity contribution in [3.05, 3.63) is 46.2 Å². The molecule has 0 radical (unpaired) electrons. The molecule has 0 bridgehead atoms. The van der Waals surface area contributed by atoms with Crippen LogP contribution in [0.3, 0.4) is 0 Å². The van der Waals surface area contributed by atoms with E-state index >= 15 is 0 Å². The quantitative estimate of drug-likeness (QED) is 0.830. The lowest BCUT2D eigenvalue weighted by Gasteiger charge is -2.09. The fraction of sp³-hybridized carbons (Fsp3) is 0.286. The van der Waals surface area contributed by atoms with Crippen molar-refractivity contribution >= 4 is 15.9 Å². The zero-order chi connectivity index (χ0) is 15.4. The molecule has 2 rings (SSSR count). The average molecular weight is 358 g/mol. The van der Waals surface area contributed by atoms with Crippen molar-refractivity contribution in [2.75, 3.05) is 0 Å². The summed E-state index contributed by atoms with van der Waals surface area (Å²) in [4.78, 5) is 7.94. The first-order chi connectivity index (χ1) is 9.99. The first-order valence-corrected chi connectivity index (χ1v) is 7.17. The van der Waals surface area contributed by atoms with Crippen LogP contribution < -0.4 is 10.5 Å². The third-order valence-corrected chi connectivity index (χ3v) is 3.32. The molecule has 4 nitrogen and oxygen atoms in total. The largest absolute Gasteiger partial charge is 0.421 e. The van der Waals surface area contributed by atoms with Crippen molar-refractivity contribution < 1.29 is 13.5 Å². The monoisotopic (exact) mass is 357 g/mol. The van der Waals surface area contributed by atoms with E-state index in [4.69, 9.17) is 10.5 Å². The molecule has 2 aromatic rings. The van der Waals surface area contributed by atoms with Crippen LogP contribution >= 0.6 is 15.9 Å². The number of nitrogens with two attached hydrogens (primary N) is 1. The van der Waals surface area contributed by atoms with Crippen molar-refractivity contribution in [1.29, 1.82) is 0 Å². The molecule has 1 aromatic heterocycles. The highest BCUT2D eigenvalue weighted by Crippen LogP contribution is 2.28. The highest BCUT2D eigenvalue weighted by molar-refractivity contribution is 9.10. The Hall–Kier alpha value is -1.60. The third-order valence-electron chi connectivity index (χ3n) is 2.86. The van der Waals surface area contributed by atoms with E-state index in [0.717, 1.165) is 18.1 Å². The van der Waals surface area contributed by atoms with Gasteiger partial charge in [0.25, 0.3) is 0 Å². The minimum absolute atomic E-state index is 0.0389. The lowest BCUT2D eigenvalue weighted by molar-refractivity contribution is 0.392. The number of hydrogen-bond donors (Lipinski definition) is 1. The molecule has 0 aliphatic carbocycles. The Bertz CT molecular complexity index is 622. The maximum atomic E-state index is 13.6. The predicted octanol–water partition coefficient (Wildman–Crippen LogP) is 3.59. The zero-order valence-electron chi connectivity index (χ0n) is 11.3. The lowest BCUT2D eigenvalue weighted by atomic mass is 10.1. The molecule has 0 aliphatic rings. The van der Waals surface area contributed by atoms with Gasteiger partial charge in [0.2, 0.25) is 5.82 Å². The standard InChI is InChI=1S/C14H14BrF2N3O/c1-2-10(18)3-8-6-19-14(20-7-8)21-12-5-9(15)4-11(16)13(12)17/h4-7,10H,2-3,18H2,1H3. The maximum absolute atomic E-state index is 13.6. The summed E-state index contributed by atoms with van der Waals surface area (Å²) < 4.78 is 32.3. The van der Waals surface area contributed by atoms with Crippen LogP contribution in [0.15, 0.2) is 29.0 Å². The molecule has 7 heteroatoms. The van der Waals surface area contributed by atoms with Gasteiger partial charge in [-0.25, -0.2) is 14.4 Å². The van der Waals surface area contributed by atoms with Crippen molar-refractivity contribution in [1.82, 2.24) is 9.97 Å². The third kappa shape index (κ3) is 4.18. The Morgan fingerprint density at radius 2 is 1.95 bits per heavy atom. The number of halogens is 3. The Morgan fingerprint density at radius 1 is 1.29 bits per heavy atom. The Labute approximate surface area is 129 Å². The summed E-state index contributed by atoms with van der Waals surface area (Å²) in [6.07, 6.45) is 4.62. The second kappa shape index (κ2) is 6.91. The SMILES string of the molecule is CCC(N)Cc1cnc(Oc2cc(Br)cc(F)c2F)nc1. The zero-order valence-corrected chi connectivity index (χ0v) is 12.9. The maximum Gasteiger partial charge on any atom is 0.321 e. The minimum atomic E-state index is -1.08. The first kappa shape index (κ1) is 15.8. The molecular formula is C14H14BrF2N3O. The van der Waals surface area contributed by atoms with Gasteiger partial charge < -0.3 is 10.5 Å². The van der Waals surface area contributed by atoms with Gasteiger partial charge in [0, 0.05) is 22.9 Å². The minimum Gasteiger partial charge on any atom is -0.421 e. The summed E-state index contributed by atoms with van der Waals surface area (Å²) in [5.74, 6) is -2.37. The van der Waals surface area contributed by atoms with E-state index in [9.17, 15) is 8.78 Å². The van der Waals surface area contributed by atoms with Gasteiger partial charge >= 0.3 is 6.01 Å². The van der Waals surface area contributed by atoms with Crippen molar-refractivity contribution in [3.63, 3.8) is 0 Å². The molecule has 1 aromatic carbocycles. The smallest absolute Gasteiger partial charge is 0.321 e. The van der Waals surface area contributed by atoms with Gasteiger partial charge in [0.1, 0.15) is 0 Å². The van der Waals surface area contributed by atoms with E-state index in [0.29, 0.717) is 10.9 Å². The van der Waals surface area contributed by atoms with Gasteiger partial charge in [-0.15, -0.1) is 0 Å². The van der Waals surface area contributed by atoms with Crippen LogP contribution in [0.5, 0.6) is 11.8 Å². The van der Waals surface area contributed by atoms with Crippen LogP contribution in [0.25, 0.3) is 0 Å². The molecule has 0 aliphatic heterocycles. The van der Waals surface area contributed by atoms with Gasteiger partial charge in [0.05, 0.1) is 0 Å². The summed E-state index contributed by atoms with van der Waals surface area (Å²) >= 11 is 3.07. The van der Waals surface area contributed by atoms with Gasteiger partial charge in [0.15, 0.2) is 11.6 Å². The molecule has 1 heterocycles. The molecule has 112 valence electrons. The van der Waals surface area contributed by atoms with Crippen LogP contribution in [0.2, 0.25) is 0 Å². The predicted molar refractivity (Wildman–Crippen MR) is 78.1 cm³/mol. The Kier molecular flexibility index (Phi) is 5.19. The van der Waals surface area contributed by atoms with Crippen LogP contribution in [-0.4, -0.2) is 16.0 Å². The molecule has 21 heavy (non-hydrogen) atoms. The molecule has 1 atom stereocenters. The molecule has 0 spiro atoms. The van der Waals surface area contributed by atoms with Gasteiger partial charge in [-0.05, 0) is 30.5 Å². The van der Waals surface area contributed by atoms with Gasteiger partial charge in [-0.2, -0.15) is 4.39 Å². The molecule has 0 amide bonds. The average Bonchev–Trinajstić information content (AvgIpc) is 2.46. The number of benzene rings is 1. The van der Waals surface area contributed by atoms with E-state index in [-0.39, 0.29) is 17.8 Å². The van der Waals surface area contributed by atoms with Crippen molar-refractivity contribution in [2.45, 2.75) is 25.8 Å². The highest BCUT2D eigenvalue weighted by atomic mass is 79.9. The normalized spacial score (nSPS) is 12.2. The fourth-order valence-corrected chi connectivity index (χ4v) is 2.06. The summed E-state index contributed by atoms with van der Waals surface area (Å²) in [5.41, 5.74) is 6.70. The topological polar surface area (TPSA) is 61.0 Å². The molecule has 1 unspecified atom stereocenters. The second-order valence-electron chi connectivity index (χ2n) is 4.55. The Morgan fingerprint density at radius 3 is 2.57 bits per heavy atom. The Balaban J connectivity index is 2.14.